The van der Waals surface area contributed by atoms with Crippen molar-refractivity contribution in [2.75, 3.05) is 24.3 Å². The molecule has 0 saturated heterocycles. The van der Waals surface area contributed by atoms with E-state index in [4.69, 9.17) is 4.74 Å². The van der Waals surface area contributed by atoms with Gasteiger partial charge in [0.1, 0.15) is 17.5 Å². The number of amides is 2. The Morgan fingerprint density at radius 2 is 1.45 bits per heavy atom. The Labute approximate surface area is 225 Å². The summed E-state index contributed by atoms with van der Waals surface area (Å²) in [6.45, 7) is 0.0698. The van der Waals surface area contributed by atoms with Crippen LogP contribution in [0.15, 0.2) is 91.0 Å². The van der Waals surface area contributed by atoms with Crippen LogP contribution >= 0.6 is 11.3 Å². The van der Waals surface area contributed by atoms with E-state index in [-0.39, 0.29) is 24.6 Å². The second-order valence-corrected chi connectivity index (χ2v) is 9.68. The minimum Gasteiger partial charge on any atom is -0.445 e. The lowest BCUT2D eigenvalue weighted by Crippen LogP contribution is -2.45. The lowest BCUT2D eigenvalue weighted by molar-refractivity contribution is -0.118. The highest BCUT2D eigenvalue weighted by molar-refractivity contribution is 7.18. The molecule has 0 saturated carbocycles. The minimum absolute atomic E-state index is 0.0698. The van der Waals surface area contributed by atoms with E-state index in [1.807, 2.05) is 80.8 Å². The van der Waals surface area contributed by atoms with Gasteiger partial charge in [-0.1, -0.05) is 102 Å². The fraction of sp³-hybridized carbons (Fsp3) is 0.172. The number of hydrogen-bond acceptors (Lipinski definition) is 7. The predicted molar refractivity (Wildman–Crippen MR) is 149 cm³/mol. The van der Waals surface area contributed by atoms with Gasteiger partial charge in [0.2, 0.25) is 11.7 Å². The quantitative estimate of drug-likeness (QED) is 0.284. The van der Waals surface area contributed by atoms with Gasteiger partial charge in [0, 0.05) is 26.1 Å². The average molecular weight is 529 g/mol. The lowest BCUT2D eigenvalue weighted by atomic mass is 10.1. The van der Waals surface area contributed by atoms with Gasteiger partial charge in [0.25, 0.3) is 0 Å². The van der Waals surface area contributed by atoms with Crippen molar-refractivity contribution in [3.05, 3.63) is 113 Å². The molecule has 9 heteroatoms. The van der Waals surface area contributed by atoms with Crippen LogP contribution in [-0.2, 0) is 22.6 Å². The van der Waals surface area contributed by atoms with E-state index in [1.54, 1.807) is 29.2 Å². The molecule has 0 radical (unpaired) electrons. The molecule has 0 spiro atoms. The second-order valence-electron chi connectivity index (χ2n) is 8.70. The summed E-state index contributed by atoms with van der Waals surface area (Å²) >= 11 is 1.19. The maximum Gasteiger partial charge on any atom is 0.408 e. The Balaban J connectivity index is 1.54. The molecule has 0 aliphatic carbocycles. The number of benzene rings is 3. The number of ether oxygens (including phenoxy) is 1. The zero-order valence-electron chi connectivity index (χ0n) is 21.1. The highest BCUT2D eigenvalue weighted by Gasteiger charge is 2.27. The van der Waals surface area contributed by atoms with E-state index in [0.717, 1.165) is 11.1 Å². The van der Waals surface area contributed by atoms with Crippen molar-refractivity contribution in [3.8, 4) is 0 Å². The van der Waals surface area contributed by atoms with Crippen LogP contribution in [0.25, 0.3) is 0 Å². The van der Waals surface area contributed by atoms with Crippen molar-refractivity contribution >= 4 is 40.1 Å². The summed E-state index contributed by atoms with van der Waals surface area (Å²) in [7, 11) is 3.62. The molecule has 2 N–H and O–H groups in total. The molecule has 1 unspecified atom stereocenters. The molecule has 194 valence electrons. The van der Waals surface area contributed by atoms with Crippen LogP contribution in [0.1, 0.15) is 26.4 Å². The SMILES string of the molecule is CN(C)c1nc(NC(=O)C(Cc2ccccc2)NC(=O)OCc2ccccc2)c(C(=O)c2ccccc2)s1. The van der Waals surface area contributed by atoms with Crippen LogP contribution in [0.2, 0.25) is 0 Å². The van der Waals surface area contributed by atoms with Crippen molar-refractivity contribution in [1.29, 1.82) is 0 Å². The summed E-state index contributed by atoms with van der Waals surface area (Å²) in [5, 5.41) is 6.02. The first-order valence-electron chi connectivity index (χ1n) is 12.0. The highest BCUT2D eigenvalue weighted by atomic mass is 32.1. The first-order chi connectivity index (χ1) is 18.4. The molecule has 2 amide bonds. The molecule has 1 aromatic heterocycles. The maximum absolute atomic E-state index is 13.5. The third kappa shape index (κ3) is 7.04. The Morgan fingerprint density at radius 1 is 0.868 bits per heavy atom. The van der Waals surface area contributed by atoms with E-state index < -0.39 is 18.0 Å². The number of carbonyl (C=O) groups excluding carboxylic acids is 3. The molecule has 0 fully saturated rings. The number of rotatable bonds is 10. The molecule has 1 atom stereocenters. The third-order valence-corrected chi connectivity index (χ3v) is 6.81. The number of nitrogens with one attached hydrogen (secondary N) is 2. The summed E-state index contributed by atoms with van der Waals surface area (Å²) in [5.41, 5.74) is 2.17. The summed E-state index contributed by atoms with van der Waals surface area (Å²) in [5.74, 6) is -0.611. The average Bonchev–Trinajstić information content (AvgIpc) is 3.37. The van der Waals surface area contributed by atoms with Crippen LogP contribution < -0.4 is 15.5 Å². The van der Waals surface area contributed by atoms with Crippen molar-refractivity contribution in [3.63, 3.8) is 0 Å². The van der Waals surface area contributed by atoms with Crippen molar-refractivity contribution < 1.29 is 19.1 Å². The lowest BCUT2D eigenvalue weighted by Gasteiger charge is -2.18. The van der Waals surface area contributed by atoms with Gasteiger partial charge in [0.05, 0.1) is 0 Å². The molecule has 0 aliphatic rings. The summed E-state index contributed by atoms with van der Waals surface area (Å²) in [6, 6.07) is 26.4. The Hall–Kier alpha value is -4.50. The van der Waals surface area contributed by atoms with E-state index in [0.29, 0.717) is 15.6 Å². The fourth-order valence-corrected chi connectivity index (χ4v) is 4.54. The standard InChI is InChI=1S/C29H28N4O4S/c1-33(2)28-32-26(25(38-28)24(34)22-16-10-5-11-17-22)31-27(35)23(18-20-12-6-3-7-13-20)30-29(36)37-19-21-14-8-4-9-15-21/h3-17,23H,18-19H2,1-2H3,(H,30,36)(H,31,35). The maximum atomic E-state index is 13.5. The molecule has 4 aromatic rings. The number of anilines is 2. The van der Waals surface area contributed by atoms with E-state index in [9.17, 15) is 14.4 Å². The van der Waals surface area contributed by atoms with Gasteiger partial charge in [-0.3, -0.25) is 9.59 Å². The number of thiazole rings is 1. The van der Waals surface area contributed by atoms with Crippen LogP contribution in [0.4, 0.5) is 15.7 Å². The monoisotopic (exact) mass is 528 g/mol. The van der Waals surface area contributed by atoms with Crippen molar-refractivity contribution in [1.82, 2.24) is 10.3 Å². The van der Waals surface area contributed by atoms with Crippen LogP contribution in [0, 0.1) is 0 Å². The number of hydrogen-bond donors (Lipinski definition) is 2. The molecule has 3 aromatic carbocycles. The molecule has 0 aliphatic heterocycles. The van der Waals surface area contributed by atoms with Gasteiger partial charge < -0.3 is 20.3 Å². The highest BCUT2D eigenvalue weighted by Crippen LogP contribution is 2.31. The number of aromatic nitrogens is 1. The van der Waals surface area contributed by atoms with Crippen LogP contribution in [0.5, 0.6) is 0 Å². The van der Waals surface area contributed by atoms with Crippen molar-refractivity contribution in [2.45, 2.75) is 19.1 Å². The molecule has 4 rings (SSSR count). The molecule has 0 bridgehead atoms. The molecule has 1 heterocycles. The molecular weight excluding hydrogens is 500 g/mol. The van der Waals surface area contributed by atoms with Gasteiger partial charge in [0.15, 0.2) is 10.9 Å². The van der Waals surface area contributed by atoms with Gasteiger partial charge in [-0.25, -0.2) is 9.78 Å². The van der Waals surface area contributed by atoms with Gasteiger partial charge >= 0.3 is 6.09 Å². The number of nitrogens with zero attached hydrogens (tertiary/aromatic N) is 2. The molecule has 8 nitrogen and oxygen atoms in total. The number of carbonyl (C=O) groups is 3. The summed E-state index contributed by atoms with van der Waals surface area (Å²) < 4.78 is 5.35. The van der Waals surface area contributed by atoms with Gasteiger partial charge in [-0.05, 0) is 11.1 Å². The van der Waals surface area contributed by atoms with E-state index in [1.165, 1.54) is 11.3 Å². The second kappa shape index (κ2) is 12.6. The van der Waals surface area contributed by atoms with E-state index >= 15 is 0 Å². The molecular formula is C29H28N4O4S. The van der Waals surface area contributed by atoms with Gasteiger partial charge in [-0.15, -0.1) is 0 Å². The summed E-state index contributed by atoms with van der Waals surface area (Å²) in [6.07, 6.45) is -0.502. The summed E-state index contributed by atoms with van der Waals surface area (Å²) in [4.78, 5) is 45.9. The third-order valence-electron chi connectivity index (χ3n) is 5.59. The Morgan fingerprint density at radius 3 is 2.05 bits per heavy atom. The topological polar surface area (TPSA) is 101 Å². The molecule has 38 heavy (non-hydrogen) atoms. The van der Waals surface area contributed by atoms with Crippen LogP contribution in [-0.4, -0.2) is 42.9 Å². The normalized spacial score (nSPS) is 11.3. The number of alkyl carbamates (subject to hydrolysis) is 1. The smallest absolute Gasteiger partial charge is 0.408 e. The number of ketones is 1. The van der Waals surface area contributed by atoms with E-state index in [2.05, 4.69) is 15.6 Å². The van der Waals surface area contributed by atoms with Crippen LogP contribution in [0.3, 0.4) is 0 Å². The first-order valence-corrected chi connectivity index (χ1v) is 12.8. The predicted octanol–water partition coefficient (Wildman–Crippen LogP) is 4.92. The minimum atomic E-state index is -0.968. The fourth-order valence-electron chi connectivity index (χ4n) is 3.63. The van der Waals surface area contributed by atoms with Gasteiger partial charge in [-0.2, -0.15) is 0 Å². The first kappa shape index (κ1) is 26.6. The van der Waals surface area contributed by atoms with Crippen molar-refractivity contribution in [2.24, 2.45) is 0 Å². The Kier molecular flexibility index (Phi) is 8.84. The Bertz CT molecular complexity index is 1380. The zero-order chi connectivity index (χ0) is 26.9. The zero-order valence-corrected chi connectivity index (χ0v) is 21.9. The largest absolute Gasteiger partial charge is 0.445 e.